The summed E-state index contributed by atoms with van der Waals surface area (Å²) >= 11 is 12.2. The van der Waals surface area contributed by atoms with Crippen LogP contribution in [-0.2, 0) is 11.3 Å². The van der Waals surface area contributed by atoms with Crippen LogP contribution in [0.15, 0.2) is 54.9 Å². The third kappa shape index (κ3) is 3.45. The van der Waals surface area contributed by atoms with Gasteiger partial charge in [-0.25, -0.2) is 9.78 Å². The van der Waals surface area contributed by atoms with E-state index >= 15 is 0 Å². The lowest BCUT2D eigenvalue weighted by molar-refractivity contribution is 0.0600. The first-order chi connectivity index (χ1) is 11.6. The number of carbonyl (C=O) groups is 1. The van der Waals surface area contributed by atoms with Crippen molar-refractivity contribution in [1.29, 1.82) is 0 Å². The van der Waals surface area contributed by atoms with E-state index in [9.17, 15) is 4.79 Å². The van der Waals surface area contributed by atoms with Gasteiger partial charge in [0.1, 0.15) is 5.82 Å². The highest BCUT2D eigenvalue weighted by atomic mass is 35.5. The summed E-state index contributed by atoms with van der Waals surface area (Å²) in [5, 5.41) is 1.14. The molecule has 3 rings (SSSR count). The monoisotopic (exact) mass is 360 g/mol. The summed E-state index contributed by atoms with van der Waals surface area (Å²) in [6.07, 6.45) is 3.61. The highest BCUT2D eigenvalue weighted by molar-refractivity contribution is 6.36. The first-order valence-corrected chi connectivity index (χ1v) is 7.98. The summed E-state index contributed by atoms with van der Waals surface area (Å²) in [5.74, 6) is 0.409. The Labute approximate surface area is 149 Å². The van der Waals surface area contributed by atoms with Gasteiger partial charge in [0.2, 0.25) is 0 Å². The first kappa shape index (κ1) is 16.6. The zero-order valence-corrected chi connectivity index (χ0v) is 14.4. The molecule has 24 heavy (non-hydrogen) atoms. The van der Waals surface area contributed by atoms with Gasteiger partial charge in [0, 0.05) is 29.5 Å². The van der Waals surface area contributed by atoms with Crippen molar-refractivity contribution in [3.05, 3.63) is 76.0 Å². The van der Waals surface area contributed by atoms with Crippen molar-refractivity contribution in [2.75, 3.05) is 7.11 Å². The summed E-state index contributed by atoms with van der Waals surface area (Å²) in [5.41, 5.74) is 2.37. The Morgan fingerprint density at radius 2 is 1.92 bits per heavy atom. The SMILES string of the molecule is COC(=O)c1ccc(Cn2ccnc2-c2ccc(Cl)cc2Cl)cc1. The van der Waals surface area contributed by atoms with Crippen LogP contribution in [0.3, 0.4) is 0 Å². The van der Waals surface area contributed by atoms with E-state index in [4.69, 9.17) is 27.9 Å². The lowest BCUT2D eigenvalue weighted by Gasteiger charge is -2.10. The summed E-state index contributed by atoms with van der Waals surface area (Å²) in [7, 11) is 1.36. The molecule has 4 nitrogen and oxygen atoms in total. The maximum absolute atomic E-state index is 11.5. The lowest BCUT2D eigenvalue weighted by Crippen LogP contribution is -2.04. The van der Waals surface area contributed by atoms with Crippen LogP contribution in [0.25, 0.3) is 11.4 Å². The van der Waals surface area contributed by atoms with Gasteiger partial charge in [-0.1, -0.05) is 35.3 Å². The number of aromatic nitrogens is 2. The standard InChI is InChI=1S/C18H14Cl2N2O2/c1-24-18(23)13-4-2-12(3-5-13)11-22-9-8-21-17(22)15-7-6-14(19)10-16(15)20/h2-10H,11H2,1H3. The van der Waals surface area contributed by atoms with Gasteiger partial charge in [0.15, 0.2) is 0 Å². The van der Waals surface area contributed by atoms with Gasteiger partial charge in [0.25, 0.3) is 0 Å². The number of hydrogen-bond acceptors (Lipinski definition) is 3. The van der Waals surface area contributed by atoms with Crippen molar-refractivity contribution >= 4 is 29.2 Å². The van der Waals surface area contributed by atoms with Crippen molar-refractivity contribution < 1.29 is 9.53 Å². The van der Waals surface area contributed by atoms with Crippen LogP contribution in [0.1, 0.15) is 15.9 Å². The fraction of sp³-hybridized carbons (Fsp3) is 0.111. The predicted molar refractivity (Wildman–Crippen MR) is 94.6 cm³/mol. The maximum atomic E-state index is 11.5. The van der Waals surface area contributed by atoms with Crippen LogP contribution >= 0.6 is 23.2 Å². The van der Waals surface area contributed by atoms with Gasteiger partial charge in [-0.05, 0) is 35.9 Å². The van der Waals surface area contributed by atoms with Gasteiger partial charge in [0.05, 0.1) is 17.7 Å². The smallest absolute Gasteiger partial charge is 0.337 e. The van der Waals surface area contributed by atoms with Crippen LogP contribution < -0.4 is 0 Å². The van der Waals surface area contributed by atoms with E-state index in [1.165, 1.54) is 7.11 Å². The molecule has 0 saturated carbocycles. The second-order valence-electron chi connectivity index (χ2n) is 5.19. The molecule has 0 radical (unpaired) electrons. The molecule has 0 spiro atoms. The molecule has 0 amide bonds. The van der Waals surface area contributed by atoms with Crippen molar-refractivity contribution in [2.45, 2.75) is 6.54 Å². The maximum Gasteiger partial charge on any atom is 0.337 e. The predicted octanol–water partition coefficient (Wildman–Crippen LogP) is 4.69. The molecular weight excluding hydrogens is 347 g/mol. The number of hydrogen-bond donors (Lipinski definition) is 0. The molecule has 0 fully saturated rings. The van der Waals surface area contributed by atoms with Crippen LogP contribution in [0.4, 0.5) is 0 Å². The largest absolute Gasteiger partial charge is 0.465 e. The van der Waals surface area contributed by atoms with E-state index in [0.29, 0.717) is 22.2 Å². The van der Waals surface area contributed by atoms with E-state index in [-0.39, 0.29) is 5.97 Å². The molecule has 0 atom stereocenters. The number of ether oxygens (including phenoxy) is 1. The van der Waals surface area contributed by atoms with Crippen molar-refractivity contribution in [3.63, 3.8) is 0 Å². The minimum atomic E-state index is -0.349. The molecule has 0 bridgehead atoms. The molecule has 6 heteroatoms. The van der Waals surface area contributed by atoms with E-state index in [2.05, 4.69) is 4.98 Å². The van der Waals surface area contributed by atoms with Crippen LogP contribution in [0.5, 0.6) is 0 Å². The number of carbonyl (C=O) groups excluding carboxylic acids is 1. The van der Waals surface area contributed by atoms with Crippen LogP contribution in [0.2, 0.25) is 10.0 Å². The highest BCUT2D eigenvalue weighted by Gasteiger charge is 2.11. The number of methoxy groups -OCH3 is 1. The minimum Gasteiger partial charge on any atom is -0.465 e. The van der Waals surface area contributed by atoms with E-state index in [1.807, 2.05) is 29.0 Å². The summed E-state index contributed by atoms with van der Waals surface area (Å²) in [4.78, 5) is 15.9. The van der Waals surface area contributed by atoms with Crippen LogP contribution in [0, 0.1) is 0 Å². The molecule has 0 aliphatic carbocycles. The first-order valence-electron chi connectivity index (χ1n) is 7.22. The Morgan fingerprint density at radius 3 is 2.58 bits per heavy atom. The van der Waals surface area contributed by atoms with Gasteiger partial charge < -0.3 is 9.30 Å². The summed E-state index contributed by atoms with van der Waals surface area (Å²) in [6.45, 7) is 0.607. The summed E-state index contributed by atoms with van der Waals surface area (Å²) in [6, 6.07) is 12.6. The quantitative estimate of drug-likeness (QED) is 0.633. The fourth-order valence-corrected chi connectivity index (χ4v) is 2.91. The van der Waals surface area contributed by atoms with Crippen LogP contribution in [-0.4, -0.2) is 22.6 Å². The molecular formula is C18H14Cl2N2O2. The second kappa shape index (κ2) is 7.07. The zero-order chi connectivity index (χ0) is 17.1. The molecule has 2 aromatic carbocycles. The van der Waals surface area contributed by atoms with E-state index < -0.39 is 0 Å². The Bertz CT molecular complexity index is 873. The van der Waals surface area contributed by atoms with Crippen molar-refractivity contribution in [2.24, 2.45) is 0 Å². The molecule has 0 unspecified atom stereocenters. The molecule has 1 heterocycles. The molecule has 3 aromatic rings. The summed E-state index contributed by atoms with van der Waals surface area (Å²) < 4.78 is 6.69. The average Bonchev–Trinajstić information content (AvgIpc) is 3.03. The highest BCUT2D eigenvalue weighted by Crippen LogP contribution is 2.29. The van der Waals surface area contributed by atoms with E-state index in [0.717, 1.165) is 17.0 Å². The average molecular weight is 361 g/mol. The van der Waals surface area contributed by atoms with E-state index in [1.54, 1.807) is 30.5 Å². The second-order valence-corrected chi connectivity index (χ2v) is 6.04. The molecule has 122 valence electrons. The van der Waals surface area contributed by atoms with Gasteiger partial charge in [-0.15, -0.1) is 0 Å². The van der Waals surface area contributed by atoms with Crippen molar-refractivity contribution in [1.82, 2.24) is 9.55 Å². The van der Waals surface area contributed by atoms with Gasteiger partial charge >= 0.3 is 5.97 Å². The Balaban J connectivity index is 1.87. The Kier molecular flexibility index (Phi) is 4.88. The number of halogens is 2. The number of benzene rings is 2. The third-order valence-electron chi connectivity index (χ3n) is 3.62. The number of rotatable bonds is 4. The van der Waals surface area contributed by atoms with Gasteiger partial charge in [-0.3, -0.25) is 0 Å². The number of imidazole rings is 1. The number of esters is 1. The Hall–Kier alpha value is -2.30. The third-order valence-corrected chi connectivity index (χ3v) is 4.16. The minimum absolute atomic E-state index is 0.349. The lowest BCUT2D eigenvalue weighted by atomic mass is 10.1. The van der Waals surface area contributed by atoms with Gasteiger partial charge in [-0.2, -0.15) is 0 Å². The molecule has 0 aliphatic rings. The molecule has 0 saturated heterocycles. The molecule has 0 aliphatic heterocycles. The Morgan fingerprint density at radius 1 is 1.17 bits per heavy atom. The molecule has 1 aromatic heterocycles. The fourth-order valence-electron chi connectivity index (χ4n) is 2.41. The van der Waals surface area contributed by atoms with Crippen molar-refractivity contribution in [3.8, 4) is 11.4 Å². The normalized spacial score (nSPS) is 10.6. The number of nitrogens with zero attached hydrogens (tertiary/aromatic N) is 2. The zero-order valence-electron chi connectivity index (χ0n) is 12.9. The topological polar surface area (TPSA) is 44.1 Å². The molecule has 0 N–H and O–H groups in total.